The van der Waals surface area contributed by atoms with Crippen LogP contribution in [0, 0.1) is 0 Å². The highest BCUT2D eigenvalue weighted by molar-refractivity contribution is 5.87. The molecule has 0 unspecified atom stereocenters. The molecular weight excluding hydrogens is 320 g/mol. The quantitative estimate of drug-likeness (QED) is 0.619. The van der Waals surface area contributed by atoms with Gasteiger partial charge in [-0.3, -0.25) is 19.9 Å². The molecule has 3 saturated heterocycles. The molecule has 140 valence electrons. The Morgan fingerprint density at radius 1 is 0.600 bits per heavy atom. The predicted octanol–water partition coefficient (Wildman–Crippen LogP) is 0.872. The molecule has 0 aromatic carbocycles. The lowest BCUT2D eigenvalue weighted by atomic mass is 10.3. The molecule has 3 aliphatic rings. The van der Waals surface area contributed by atoms with Crippen molar-refractivity contribution in [3.05, 3.63) is 0 Å². The van der Waals surface area contributed by atoms with Gasteiger partial charge in [-0.1, -0.05) is 0 Å². The lowest BCUT2D eigenvalue weighted by Crippen LogP contribution is -2.32. The molecule has 3 fully saturated rings. The molecule has 0 N–H and O–H groups in total. The van der Waals surface area contributed by atoms with Crippen molar-refractivity contribution in [2.24, 2.45) is 15.0 Å². The number of hydrogen-bond donors (Lipinski definition) is 0. The molecule has 0 saturated carbocycles. The van der Waals surface area contributed by atoms with E-state index in [0.29, 0.717) is 19.8 Å². The second-order valence-electron chi connectivity index (χ2n) is 6.59. The minimum Gasteiger partial charge on any atom is -0.375 e. The van der Waals surface area contributed by atoms with E-state index in [2.05, 4.69) is 19.9 Å². The normalized spacial score (nSPS) is 26.0. The van der Waals surface area contributed by atoms with Gasteiger partial charge in [0, 0.05) is 56.0 Å². The van der Waals surface area contributed by atoms with E-state index in [4.69, 9.17) is 14.2 Å². The molecule has 7 nitrogen and oxygen atoms in total. The summed E-state index contributed by atoms with van der Waals surface area (Å²) in [5.41, 5.74) is 3.60. The van der Waals surface area contributed by atoms with Crippen LogP contribution >= 0.6 is 0 Å². The van der Waals surface area contributed by atoms with Crippen LogP contribution in [0.3, 0.4) is 0 Å². The first-order valence-corrected chi connectivity index (χ1v) is 9.42. The number of aliphatic imine (C=N–C) groups is 3. The van der Waals surface area contributed by atoms with Crippen LogP contribution in [0.5, 0.6) is 0 Å². The van der Waals surface area contributed by atoms with Gasteiger partial charge in [-0.2, -0.15) is 0 Å². The van der Waals surface area contributed by atoms with Gasteiger partial charge in [-0.05, 0) is 0 Å². The summed E-state index contributed by atoms with van der Waals surface area (Å²) >= 11 is 0. The summed E-state index contributed by atoms with van der Waals surface area (Å²) in [7, 11) is 0. The van der Waals surface area contributed by atoms with Crippen LogP contribution in [0.1, 0.15) is 19.3 Å². The third-order valence-electron chi connectivity index (χ3n) is 4.67. The Bertz CT molecular complexity index is 409. The Morgan fingerprint density at radius 3 is 1.24 bits per heavy atom. The van der Waals surface area contributed by atoms with Gasteiger partial charge in [0.25, 0.3) is 0 Å². The van der Waals surface area contributed by atoms with Gasteiger partial charge in [0.2, 0.25) is 0 Å². The van der Waals surface area contributed by atoms with E-state index in [1.165, 1.54) is 17.1 Å². The zero-order valence-corrected chi connectivity index (χ0v) is 15.1. The van der Waals surface area contributed by atoms with E-state index in [-0.39, 0.29) is 0 Å². The molecule has 0 aromatic heterocycles. The largest absolute Gasteiger partial charge is 0.375 e. The van der Waals surface area contributed by atoms with Crippen molar-refractivity contribution in [2.75, 3.05) is 78.9 Å². The second kappa shape index (κ2) is 10.8. The Kier molecular flexibility index (Phi) is 8.02. The van der Waals surface area contributed by atoms with Gasteiger partial charge >= 0.3 is 0 Å². The zero-order valence-electron chi connectivity index (χ0n) is 15.1. The fourth-order valence-electron chi connectivity index (χ4n) is 3.11. The molecular formula is C18H30N4O3. The fourth-order valence-corrected chi connectivity index (χ4v) is 3.11. The molecule has 0 bridgehead atoms. The summed E-state index contributed by atoms with van der Waals surface area (Å²) in [5.74, 6) is 0. The topological polar surface area (TPSA) is 68.0 Å². The van der Waals surface area contributed by atoms with E-state index in [1.807, 2.05) is 0 Å². The first-order chi connectivity index (χ1) is 12.4. The van der Waals surface area contributed by atoms with E-state index in [1.54, 1.807) is 0 Å². The van der Waals surface area contributed by atoms with Crippen molar-refractivity contribution in [1.82, 2.24) is 4.90 Å². The SMILES string of the molecule is C(CN(CCN=C1CCOC1)CCN=C1CCOC1)N=C1CCOC1. The third kappa shape index (κ3) is 6.93. The number of nitrogens with zero attached hydrogens (tertiary/aromatic N) is 4. The van der Waals surface area contributed by atoms with Crippen molar-refractivity contribution in [3.8, 4) is 0 Å². The first kappa shape index (κ1) is 18.6. The highest BCUT2D eigenvalue weighted by Crippen LogP contribution is 2.03. The molecule has 0 aromatic rings. The van der Waals surface area contributed by atoms with Crippen LogP contribution in [-0.2, 0) is 14.2 Å². The van der Waals surface area contributed by atoms with Gasteiger partial charge in [0.15, 0.2) is 0 Å². The van der Waals surface area contributed by atoms with Crippen LogP contribution in [-0.4, -0.2) is 101 Å². The molecule has 3 heterocycles. The molecule has 0 aliphatic carbocycles. The highest BCUT2D eigenvalue weighted by atomic mass is 16.5. The van der Waals surface area contributed by atoms with Crippen LogP contribution in [0.15, 0.2) is 15.0 Å². The molecule has 3 aliphatic heterocycles. The zero-order chi connectivity index (χ0) is 17.2. The average molecular weight is 350 g/mol. The Balaban J connectivity index is 1.42. The molecule has 0 amide bonds. The molecule has 3 rings (SSSR count). The van der Waals surface area contributed by atoms with Gasteiger partial charge in [0.05, 0.1) is 59.3 Å². The van der Waals surface area contributed by atoms with Crippen LogP contribution < -0.4 is 0 Å². The van der Waals surface area contributed by atoms with E-state index in [0.717, 1.165) is 78.4 Å². The first-order valence-electron chi connectivity index (χ1n) is 9.42. The standard InChI is InChI=1S/C18H30N4O3/c1-10-23-13-16(1)19-4-7-22(8-5-20-17-2-11-24-14-17)9-6-21-18-3-12-25-15-18/h1-15H2. The molecule has 7 heteroatoms. The number of hydrogen-bond acceptors (Lipinski definition) is 7. The Labute approximate surface area is 150 Å². The minimum atomic E-state index is 0.710. The van der Waals surface area contributed by atoms with Crippen molar-refractivity contribution in [1.29, 1.82) is 0 Å². The maximum atomic E-state index is 5.35. The molecule has 25 heavy (non-hydrogen) atoms. The third-order valence-corrected chi connectivity index (χ3v) is 4.67. The lowest BCUT2D eigenvalue weighted by Gasteiger charge is -2.20. The summed E-state index contributed by atoms with van der Waals surface area (Å²) in [6, 6.07) is 0. The fraction of sp³-hybridized carbons (Fsp3) is 0.833. The predicted molar refractivity (Wildman–Crippen MR) is 99.7 cm³/mol. The number of ether oxygens (including phenoxy) is 3. The summed E-state index contributed by atoms with van der Waals surface area (Å²) in [6.07, 6.45) is 2.96. The molecule has 0 atom stereocenters. The summed E-state index contributed by atoms with van der Waals surface area (Å²) in [5, 5.41) is 0. The van der Waals surface area contributed by atoms with Crippen molar-refractivity contribution in [2.45, 2.75) is 19.3 Å². The summed E-state index contributed by atoms with van der Waals surface area (Å²) in [6.45, 7) is 9.94. The lowest BCUT2D eigenvalue weighted by molar-refractivity contribution is 0.209. The van der Waals surface area contributed by atoms with Gasteiger partial charge < -0.3 is 14.2 Å². The van der Waals surface area contributed by atoms with Crippen molar-refractivity contribution < 1.29 is 14.2 Å². The smallest absolute Gasteiger partial charge is 0.0845 e. The van der Waals surface area contributed by atoms with E-state index < -0.39 is 0 Å². The van der Waals surface area contributed by atoms with Crippen LogP contribution in [0.2, 0.25) is 0 Å². The molecule has 0 spiro atoms. The molecule has 0 radical (unpaired) electrons. The average Bonchev–Trinajstić information content (AvgIpc) is 3.38. The van der Waals surface area contributed by atoms with Crippen molar-refractivity contribution in [3.63, 3.8) is 0 Å². The summed E-state index contributed by atoms with van der Waals surface area (Å²) in [4.78, 5) is 16.4. The maximum Gasteiger partial charge on any atom is 0.0845 e. The second-order valence-corrected chi connectivity index (χ2v) is 6.59. The Morgan fingerprint density at radius 2 is 0.960 bits per heavy atom. The van der Waals surface area contributed by atoms with Gasteiger partial charge in [-0.25, -0.2) is 0 Å². The van der Waals surface area contributed by atoms with Crippen molar-refractivity contribution >= 4 is 17.1 Å². The minimum absolute atomic E-state index is 0.710. The highest BCUT2D eigenvalue weighted by Gasteiger charge is 2.11. The van der Waals surface area contributed by atoms with Gasteiger partial charge in [-0.15, -0.1) is 0 Å². The van der Waals surface area contributed by atoms with E-state index in [9.17, 15) is 0 Å². The Hall–Kier alpha value is -1.15. The van der Waals surface area contributed by atoms with Gasteiger partial charge in [0.1, 0.15) is 0 Å². The summed E-state index contributed by atoms with van der Waals surface area (Å²) < 4.78 is 16.1. The monoisotopic (exact) mass is 350 g/mol. The number of rotatable bonds is 9. The van der Waals surface area contributed by atoms with Crippen LogP contribution in [0.4, 0.5) is 0 Å². The maximum absolute atomic E-state index is 5.35. The van der Waals surface area contributed by atoms with E-state index >= 15 is 0 Å². The van der Waals surface area contributed by atoms with Crippen LogP contribution in [0.25, 0.3) is 0 Å².